The van der Waals surface area contributed by atoms with Crippen LogP contribution < -0.4 is 10.6 Å². The molecule has 2 aromatic rings. The maximum absolute atomic E-state index is 12.1. The molecule has 0 bridgehead atoms. The fourth-order valence-electron chi connectivity index (χ4n) is 2.43. The Morgan fingerprint density at radius 3 is 2.37 bits per heavy atom. The van der Waals surface area contributed by atoms with Crippen LogP contribution in [-0.4, -0.2) is 40.2 Å². The molecular weight excluding hydrogens is 360 g/mol. The van der Waals surface area contributed by atoms with Gasteiger partial charge < -0.3 is 10.6 Å². The lowest BCUT2D eigenvalue weighted by Gasteiger charge is -2.09. The minimum Gasteiger partial charge on any atom is -0.355 e. The fraction of sp³-hybridized carbons (Fsp3) is 0.450. The largest absolute Gasteiger partial charge is 0.355 e. The Kier molecular flexibility index (Phi) is 8.91. The molecule has 6 nitrogen and oxygen atoms in total. The number of nitrogens with one attached hydrogen (secondary N) is 2. The van der Waals surface area contributed by atoms with E-state index in [9.17, 15) is 9.59 Å². The second-order valence-corrected chi connectivity index (χ2v) is 7.17. The van der Waals surface area contributed by atoms with Crippen LogP contribution in [0.1, 0.15) is 49.9 Å². The molecule has 0 aliphatic carbocycles. The van der Waals surface area contributed by atoms with Gasteiger partial charge in [-0.15, -0.1) is 0 Å². The first-order chi connectivity index (χ1) is 13.2. The highest BCUT2D eigenvalue weighted by atomic mass is 32.2. The van der Waals surface area contributed by atoms with Crippen molar-refractivity contribution in [2.45, 2.75) is 44.7 Å². The van der Waals surface area contributed by atoms with Gasteiger partial charge in [0.1, 0.15) is 0 Å². The van der Waals surface area contributed by atoms with Crippen LogP contribution in [0.4, 0.5) is 0 Å². The number of rotatable bonds is 11. The lowest BCUT2D eigenvalue weighted by Crippen LogP contribution is -2.26. The Balaban J connectivity index is 1.94. The summed E-state index contributed by atoms with van der Waals surface area (Å²) in [4.78, 5) is 28.3. The number of carbonyl (C=O) groups is 2. The molecule has 27 heavy (non-hydrogen) atoms. The Bertz CT molecular complexity index is 728. The highest BCUT2D eigenvalue weighted by molar-refractivity contribution is 7.99. The van der Waals surface area contributed by atoms with Gasteiger partial charge in [0.2, 0.25) is 5.91 Å². The summed E-state index contributed by atoms with van der Waals surface area (Å²) >= 11 is 1.40. The van der Waals surface area contributed by atoms with E-state index in [4.69, 9.17) is 0 Å². The van der Waals surface area contributed by atoms with E-state index < -0.39 is 0 Å². The number of carbonyl (C=O) groups excluding carboxylic acids is 2. The summed E-state index contributed by atoms with van der Waals surface area (Å²) in [7, 11) is 0. The maximum atomic E-state index is 12.1. The van der Waals surface area contributed by atoms with Gasteiger partial charge in [0, 0.05) is 36.7 Å². The monoisotopic (exact) mass is 388 g/mol. The van der Waals surface area contributed by atoms with Crippen LogP contribution in [0, 0.1) is 0 Å². The lowest BCUT2D eigenvalue weighted by atomic mass is 10.2. The summed E-state index contributed by atoms with van der Waals surface area (Å²) < 4.78 is 1.92. The minimum atomic E-state index is -0.0565. The standard InChI is InChI=1S/C20H28N4O2S/c1-3-5-11-21-18(25)15-27-20-23-13-14-24(20)17-9-7-16(8-10-17)19(26)22-12-6-4-2/h7-10,13-14H,3-6,11-12,15H2,1-2H3,(H,21,25)(H,22,26). The van der Waals surface area contributed by atoms with E-state index in [1.165, 1.54) is 11.8 Å². The van der Waals surface area contributed by atoms with Gasteiger partial charge in [-0.2, -0.15) is 0 Å². The molecule has 0 unspecified atom stereocenters. The third kappa shape index (κ3) is 6.75. The topological polar surface area (TPSA) is 76.0 Å². The number of unbranched alkanes of at least 4 members (excludes halogenated alkanes) is 2. The molecule has 0 radical (unpaired) electrons. The van der Waals surface area contributed by atoms with Gasteiger partial charge in [0.25, 0.3) is 5.91 Å². The van der Waals surface area contributed by atoms with E-state index in [1.807, 2.05) is 35.0 Å². The first-order valence-corrected chi connectivity index (χ1v) is 10.5. The van der Waals surface area contributed by atoms with E-state index in [0.717, 1.165) is 36.5 Å². The Hall–Kier alpha value is -2.28. The molecule has 1 heterocycles. The van der Waals surface area contributed by atoms with Crippen molar-refractivity contribution in [2.24, 2.45) is 0 Å². The summed E-state index contributed by atoms with van der Waals surface area (Å²) in [5.41, 5.74) is 1.55. The van der Waals surface area contributed by atoms with E-state index in [0.29, 0.717) is 24.4 Å². The average Bonchev–Trinajstić information content (AvgIpc) is 3.15. The number of nitrogens with zero attached hydrogens (tertiary/aromatic N) is 2. The molecule has 0 saturated heterocycles. The van der Waals surface area contributed by atoms with Crippen molar-refractivity contribution < 1.29 is 9.59 Å². The molecule has 1 aromatic heterocycles. The molecule has 2 N–H and O–H groups in total. The second kappa shape index (κ2) is 11.4. The second-order valence-electron chi connectivity index (χ2n) is 6.23. The molecule has 7 heteroatoms. The number of amides is 2. The lowest BCUT2D eigenvalue weighted by molar-refractivity contribution is -0.118. The Morgan fingerprint density at radius 2 is 1.70 bits per heavy atom. The van der Waals surface area contributed by atoms with Crippen LogP contribution in [0.5, 0.6) is 0 Å². The van der Waals surface area contributed by atoms with Gasteiger partial charge in [-0.05, 0) is 37.1 Å². The molecule has 0 saturated carbocycles. The normalized spacial score (nSPS) is 10.6. The summed E-state index contributed by atoms with van der Waals surface area (Å²) in [6, 6.07) is 7.40. The van der Waals surface area contributed by atoms with Gasteiger partial charge in [-0.3, -0.25) is 14.2 Å². The fourth-order valence-corrected chi connectivity index (χ4v) is 3.24. The molecule has 0 atom stereocenters. The predicted molar refractivity (Wildman–Crippen MR) is 109 cm³/mol. The number of hydrogen-bond acceptors (Lipinski definition) is 4. The van der Waals surface area contributed by atoms with Crippen molar-refractivity contribution in [1.82, 2.24) is 20.2 Å². The molecule has 146 valence electrons. The van der Waals surface area contributed by atoms with Crippen molar-refractivity contribution in [2.75, 3.05) is 18.8 Å². The van der Waals surface area contributed by atoms with Crippen LogP contribution in [0.3, 0.4) is 0 Å². The van der Waals surface area contributed by atoms with Crippen LogP contribution in [0.15, 0.2) is 41.8 Å². The van der Waals surface area contributed by atoms with Crippen molar-refractivity contribution in [3.8, 4) is 5.69 Å². The van der Waals surface area contributed by atoms with E-state index in [-0.39, 0.29) is 11.8 Å². The predicted octanol–water partition coefficient (Wildman–Crippen LogP) is 3.41. The van der Waals surface area contributed by atoms with E-state index in [1.54, 1.807) is 6.20 Å². The zero-order valence-corrected chi connectivity index (χ0v) is 16.8. The average molecular weight is 389 g/mol. The molecule has 1 aromatic carbocycles. The molecule has 0 spiro atoms. The first kappa shape index (κ1) is 21.0. The van der Waals surface area contributed by atoms with Crippen molar-refractivity contribution in [3.05, 3.63) is 42.2 Å². The van der Waals surface area contributed by atoms with Gasteiger partial charge in [-0.25, -0.2) is 4.98 Å². The zero-order valence-electron chi connectivity index (χ0n) is 16.0. The molecule has 2 rings (SSSR count). The number of thioether (sulfide) groups is 1. The van der Waals surface area contributed by atoms with Gasteiger partial charge in [0.05, 0.1) is 5.75 Å². The van der Waals surface area contributed by atoms with Crippen molar-refractivity contribution in [3.63, 3.8) is 0 Å². The third-order valence-corrected chi connectivity index (χ3v) is 4.98. The van der Waals surface area contributed by atoms with Gasteiger partial charge in [-0.1, -0.05) is 38.5 Å². The highest BCUT2D eigenvalue weighted by Crippen LogP contribution is 2.20. The van der Waals surface area contributed by atoms with E-state index in [2.05, 4.69) is 29.5 Å². The molecule has 0 aliphatic heterocycles. The maximum Gasteiger partial charge on any atom is 0.251 e. The SMILES string of the molecule is CCCCNC(=O)CSc1nccn1-c1ccc(C(=O)NCCCC)cc1. The van der Waals surface area contributed by atoms with Gasteiger partial charge >= 0.3 is 0 Å². The van der Waals surface area contributed by atoms with Crippen molar-refractivity contribution in [1.29, 1.82) is 0 Å². The van der Waals surface area contributed by atoms with E-state index >= 15 is 0 Å². The summed E-state index contributed by atoms with van der Waals surface area (Å²) in [6.07, 6.45) is 7.65. The zero-order chi connectivity index (χ0) is 19.5. The van der Waals surface area contributed by atoms with Gasteiger partial charge in [0.15, 0.2) is 5.16 Å². The third-order valence-electron chi connectivity index (χ3n) is 4.02. The number of aromatic nitrogens is 2. The molecular formula is C20H28N4O2S. The number of benzene rings is 1. The van der Waals surface area contributed by atoms with Crippen LogP contribution in [-0.2, 0) is 4.79 Å². The minimum absolute atomic E-state index is 0.0158. The highest BCUT2D eigenvalue weighted by Gasteiger charge is 2.10. The summed E-state index contributed by atoms with van der Waals surface area (Å²) in [6.45, 7) is 5.60. The van der Waals surface area contributed by atoms with Crippen molar-refractivity contribution >= 4 is 23.6 Å². The van der Waals surface area contributed by atoms with Crippen LogP contribution >= 0.6 is 11.8 Å². The molecule has 0 aliphatic rings. The Morgan fingerprint density at radius 1 is 1.04 bits per heavy atom. The number of hydrogen-bond donors (Lipinski definition) is 2. The quantitative estimate of drug-likeness (QED) is 0.457. The summed E-state index contributed by atoms with van der Waals surface area (Å²) in [5, 5.41) is 6.57. The summed E-state index contributed by atoms with van der Waals surface area (Å²) in [5.74, 6) is 0.291. The molecule has 0 fully saturated rings. The van der Waals surface area contributed by atoms with Crippen LogP contribution in [0.25, 0.3) is 5.69 Å². The molecule has 2 amide bonds. The smallest absolute Gasteiger partial charge is 0.251 e. The Labute approximate surface area is 165 Å². The number of imidazole rings is 1. The first-order valence-electron chi connectivity index (χ1n) is 9.47. The van der Waals surface area contributed by atoms with Crippen LogP contribution in [0.2, 0.25) is 0 Å².